The average molecular weight is 553 g/mol. The van der Waals surface area contributed by atoms with Crippen molar-refractivity contribution in [2.75, 3.05) is 33.9 Å². The molecule has 0 aliphatic carbocycles. The van der Waals surface area contributed by atoms with E-state index in [2.05, 4.69) is 0 Å². The molecule has 208 valence electrons. The summed E-state index contributed by atoms with van der Waals surface area (Å²) in [6.07, 6.45) is -0.529. The molecular formula is C30H36N2O6S. The summed E-state index contributed by atoms with van der Waals surface area (Å²) in [5, 5.41) is 10.0. The zero-order valence-corrected chi connectivity index (χ0v) is 23.6. The minimum absolute atomic E-state index is 0.0835. The maximum atomic E-state index is 13.9. The summed E-state index contributed by atoms with van der Waals surface area (Å²) < 4.78 is 39.7. The predicted molar refractivity (Wildman–Crippen MR) is 150 cm³/mol. The summed E-state index contributed by atoms with van der Waals surface area (Å²) >= 11 is 0. The lowest BCUT2D eigenvalue weighted by molar-refractivity contribution is -0.0146. The maximum absolute atomic E-state index is 13.9. The molecule has 3 aromatic carbocycles. The van der Waals surface area contributed by atoms with Crippen LogP contribution < -0.4 is 4.74 Å². The zero-order valence-electron chi connectivity index (χ0n) is 22.8. The van der Waals surface area contributed by atoms with Gasteiger partial charge in [-0.15, -0.1) is 0 Å². The van der Waals surface area contributed by atoms with Crippen molar-refractivity contribution in [1.82, 2.24) is 9.21 Å². The van der Waals surface area contributed by atoms with Gasteiger partial charge in [-0.1, -0.05) is 49.4 Å². The van der Waals surface area contributed by atoms with Gasteiger partial charge in [0.2, 0.25) is 10.0 Å². The summed E-state index contributed by atoms with van der Waals surface area (Å²) in [6, 6.07) is 21.0. The van der Waals surface area contributed by atoms with Crippen molar-refractivity contribution in [1.29, 1.82) is 0 Å². The molecule has 1 heterocycles. The Morgan fingerprint density at radius 3 is 2.28 bits per heavy atom. The van der Waals surface area contributed by atoms with E-state index in [9.17, 15) is 18.3 Å². The van der Waals surface area contributed by atoms with Gasteiger partial charge in [-0.3, -0.25) is 4.79 Å². The van der Waals surface area contributed by atoms with Crippen LogP contribution in [0.25, 0.3) is 11.1 Å². The van der Waals surface area contributed by atoms with E-state index in [1.165, 1.54) is 30.6 Å². The number of carbonyl (C=O) groups is 1. The molecule has 0 aromatic heterocycles. The fraction of sp³-hybridized carbons (Fsp3) is 0.367. The van der Waals surface area contributed by atoms with E-state index in [0.717, 1.165) is 16.7 Å². The lowest BCUT2D eigenvalue weighted by Crippen LogP contribution is -2.47. The van der Waals surface area contributed by atoms with Crippen molar-refractivity contribution in [3.63, 3.8) is 0 Å². The van der Waals surface area contributed by atoms with Crippen LogP contribution in [0.2, 0.25) is 0 Å². The molecule has 0 saturated carbocycles. The fourth-order valence-corrected chi connectivity index (χ4v) is 6.01. The van der Waals surface area contributed by atoms with Crippen LogP contribution in [0, 0.1) is 5.92 Å². The van der Waals surface area contributed by atoms with Crippen LogP contribution in [-0.2, 0) is 21.4 Å². The number of methoxy groups -OCH3 is 1. The molecule has 1 aliphatic heterocycles. The van der Waals surface area contributed by atoms with Gasteiger partial charge in [0.15, 0.2) is 0 Å². The largest absolute Gasteiger partial charge is 0.497 e. The van der Waals surface area contributed by atoms with E-state index < -0.39 is 22.2 Å². The predicted octanol–water partition coefficient (Wildman–Crippen LogP) is 4.04. The van der Waals surface area contributed by atoms with Gasteiger partial charge in [-0.2, -0.15) is 4.31 Å². The lowest BCUT2D eigenvalue weighted by atomic mass is 9.94. The van der Waals surface area contributed by atoms with Crippen LogP contribution in [0.15, 0.2) is 77.7 Å². The number of hydrogen-bond donors (Lipinski definition) is 1. The lowest BCUT2D eigenvalue weighted by Gasteiger charge is -2.35. The fourth-order valence-electron chi connectivity index (χ4n) is 4.83. The Labute approximate surface area is 230 Å². The number of carbonyl (C=O) groups excluding carboxylic acids is 1. The zero-order chi connectivity index (χ0) is 28.2. The minimum atomic E-state index is -3.80. The third-order valence-corrected chi connectivity index (χ3v) is 9.14. The molecule has 39 heavy (non-hydrogen) atoms. The summed E-state index contributed by atoms with van der Waals surface area (Å²) in [6.45, 7) is 4.16. The number of rotatable bonds is 7. The molecule has 8 nitrogen and oxygen atoms in total. The van der Waals surface area contributed by atoms with Crippen molar-refractivity contribution in [2.24, 2.45) is 5.92 Å². The van der Waals surface area contributed by atoms with Crippen LogP contribution >= 0.6 is 0 Å². The Hall–Kier alpha value is -3.24. The van der Waals surface area contributed by atoms with Gasteiger partial charge in [0.05, 0.1) is 37.4 Å². The number of sulfonamides is 1. The average Bonchev–Trinajstić information content (AvgIpc) is 2.98. The van der Waals surface area contributed by atoms with E-state index in [4.69, 9.17) is 9.47 Å². The quantitative estimate of drug-likeness (QED) is 0.475. The number of likely N-dealkylation sites (N-methyl/N-ethyl adjacent to an activating group) is 1. The van der Waals surface area contributed by atoms with Crippen LogP contribution in [0.5, 0.6) is 5.75 Å². The van der Waals surface area contributed by atoms with E-state index in [1.54, 1.807) is 24.0 Å². The smallest absolute Gasteiger partial charge is 0.254 e. The second-order valence-corrected chi connectivity index (χ2v) is 12.0. The molecule has 0 radical (unpaired) electrons. The third-order valence-electron chi connectivity index (χ3n) is 7.30. The van der Waals surface area contributed by atoms with E-state index in [0.29, 0.717) is 11.3 Å². The van der Waals surface area contributed by atoms with E-state index in [-0.39, 0.29) is 43.0 Å². The Bertz CT molecular complexity index is 1390. The molecule has 1 amide bonds. The van der Waals surface area contributed by atoms with Crippen LogP contribution in [0.1, 0.15) is 29.8 Å². The highest BCUT2D eigenvalue weighted by Crippen LogP contribution is 2.31. The molecule has 9 heteroatoms. The highest BCUT2D eigenvalue weighted by Gasteiger charge is 2.32. The molecule has 4 rings (SSSR count). The van der Waals surface area contributed by atoms with E-state index in [1.807, 2.05) is 55.5 Å². The summed E-state index contributed by atoms with van der Waals surface area (Å²) in [5.41, 5.74) is 3.13. The molecule has 1 N–H and O–H groups in total. The maximum Gasteiger partial charge on any atom is 0.254 e. The Morgan fingerprint density at radius 2 is 1.64 bits per heavy atom. The number of aliphatic hydroxyl groups excluding tert-OH is 1. The van der Waals surface area contributed by atoms with Crippen molar-refractivity contribution >= 4 is 15.9 Å². The van der Waals surface area contributed by atoms with Crippen molar-refractivity contribution in [3.05, 3.63) is 83.9 Å². The highest BCUT2D eigenvalue weighted by atomic mass is 32.2. The SMILES string of the molecule is COc1ccc(S(=O)(=O)N(C)C[C@@H]2OCc3ccccc3-c3ccccc3C(=O)N([C@H](C)CO)C[C@@H]2C)cc1. The second kappa shape index (κ2) is 12.3. The van der Waals surface area contributed by atoms with Crippen LogP contribution in [-0.4, -0.2) is 74.6 Å². The monoisotopic (exact) mass is 552 g/mol. The first-order valence-corrected chi connectivity index (χ1v) is 14.4. The Balaban J connectivity index is 1.71. The molecule has 0 bridgehead atoms. The van der Waals surface area contributed by atoms with Gasteiger partial charge < -0.3 is 19.5 Å². The number of hydrogen-bond acceptors (Lipinski definition) is 6. The summed E-state index contributed by atoms with van der Waals surface area (Å²) in [4.78, 5) is 15.7. The van der Waals surface area contributed by atoms with Crippen molar-refractivity contribution in [3.8, 4) is 16.9 Å². The number of amides is 1. The normalized spacial score (nSPS) is 19.1. The van der Waals surface area contributed by atoms with Crippen molar-refractivity contribution in [2.45, 2.75) is 37.5 Å². The first-order valence-electron chi connectivity index (χ1n) is 13.0. The van der Waals surface area contributed by atoms with E-state index >= 15 is 0 Å². The number of fused-ring (bicyclic) bond motifs is 3. The summed E-state index contributed by atoms with van der Waals surface area (Å²) in [7, 11) is -0.746. The first-order chi connectivity index (χ1) is 18.7. The molecule has 0 saturated heterocycles. The molecule has 0 fully saturated rings. The van der Waals surface area contributed by atoms with Gasteiger partial charge in [0.1, 0.15) is 5.75 Å². The second-order valence-electron chi connectivity index (χ2n) is 9.98. The van der Waals surface area contributed by atoms with Crippen LogP contribution in [0.3, 0.4) is 0 Å². The summed E-state index contributed by atoms with van der Waals surface area (Å²) in [5.74, 6) is 0.141. The first kappa shape index (κ1) is 28.8. The molecule has 1 aliphatic rings. The van der Waals surface area contributed by atoms with Gasteiger partial charge in [0, 0.05) is 31.6 Å². The van der Waals surface area contributed by atoms with Gasteiger partial charge in [-0.05, 0) is 53.9 Å². The van der Waals surface area contributed by atoms with Crippen LogP contribution in [0.4, 0.5) is 0 Å². The molecule has 3 aromatic rings. The number of benzene rings is 3. The third kappa shape index (κ3) is 6.17. The highest BCUT2D eigenvalue weighted by molar-refractivity contribution is 7.89. The number of nitrogens with zero attached hydrogens (tertiary/aromatic N) is 2. The Kier molecular flexibility index (Phi) is 9.07. The molecular weight excluding hydrogens is 516 g/mol. The number of aliphatic hydroxyl groups is 1. The minimum Gasteiger partial charge on any atom is -0.497 e. The van der Waals surface area contributed by atoms with Crippen molar-refractivity contribution < 1.29 is 27.8 Å². The molecule has 0 unspecified atom stereocenters. The standard InChI is InChI=1S/C30H36N2O6S/c1-21-17-32(22(2)19-33)30(34)28-12-8-7-11-27(28)26-10-6-5-9-23(26)20-38-29(21)18-31(3)39(35,36)25-15-13-24(37-4)14-16-25/h5-16,21-22,29,33H,17-20H2,1-4H3/t21-,22+,29-/m0/s1. The molecule has 0 spiro atoms. The van der Waals surface area contributed by atoms with Gasteiger partial charge >= 0.3 is 0 Å². The van der Waals surface area contributed by atoms with Gasteiger partial charge in [-0.25, -0.2) is 8.42 Å². The number of ether oxygens (including phenoxy) is 2. The Morgan fingerprint density at radius 1 is 1.03 bits per heavy atom. The molecule has 3 atom stereocenters. The van der Waals surface area contributed by atoms with Gasteiger partial charge in [0.25, 0.3) is 5.91 Å². The topological polar surface area (TPSA) is 96.4 Å².